The molecule has 0 unspecified atom stereocenters. The van der Waals surface area contributed by atoms with Crippen LogP contribution in [0.3, 0.4) is 0 Å². The predicted octanol–water partition coefficient (Wildman–Crippen LogP) is 6.61. The van der Waals surface area contributed by atoms with Gasteiger partial charge in [-0.15, -0.1) is 0 Å². The Hall–Kier alpha value is -3.57. The summed E-state index contributed by atoms with van der Waals surface area (Å²) in [5.74, 6) is 1.43. The van der Waals surface area contributed by atoms with Gasteiger partial charge in [0.25, 0.3) is 0 Å². The number of aromatic nitrogens is 1. The standard InChI is InChI=1S/C31H35N3O2/c1-22(2)31(35)32-26-10-8-9-24(19-26)23-15-17-33(18-16-23)20-25-21-34(28-12-5-4-11-27(25)28)29-13-6-7-14-30(29)36-3/h4-14,19,21-23H,15-18,20H2,1-3H3,(H,32,35). The molecule has 1 aromatic heterocycles. The Kier molecular flexibility index (Phi) is 7.10. The lowest BCUT2D eigenvalue weighted by Gasteiger charge is -2.32. The third-order valence-electron chi connectivity index (χ3n) is 7.27. The van der Waals surface area contributed by atoms with Crippen molar-refractivity contribution in [2.75, 3.05) is 25.5 Å². The number of ether oxygens (including phenoxy) is 1. The highest BCUT2D eigenvalue weighted by molar-refractivity contribution is 5.92. The zero-order chi connectivity index (χ0) is 25.1. The fraction of sp³-hybridized carbons (Fsp3) is 0.323. The van der Waals surface area contributed by atoms with Crippen molar-refractivity contribution in [1.29, 1.82) is 0 Å². The zero-order valence-corrected chi connectivity index (χ0v) is 21.4. The van der Waals surface area contributed by atoms with Gasteiger partial charge in [-0.1, -0.05) is 56.3 Å². The number of fused-ring (bicyclic) bond motifs is 1. The Bertz CT molecular complexity index is 1350. The van der Waals surface area contributed by atoms with Gasteiger partial charge in [0.1, 0.15) is 5.75 Å². The Balaban J connectivity index is 1.30. The molecule has 36 heavy (non-hydrogen) atoms. The van der Waals surface area contributed by atoms with Crippen molar-refractivity contribution in [2.24, 2.45) is 5.92 Å². The van der Waals surface area contributed by atoms with Crippen LogP contribution in [0.1, 0.15) is 43.7 Å². The summed E-state index contributed by atoms with van der Waals surface area (Å²) in [4.78, 5) is 14.7. The quantitative estimate of drug-likeness (QED) is 0.323. The van der Waals surface area contributed by atoms with Gasteiger partial charge >= 0.3 is 0 Å². The van der Waals surface area contributed by atoms with E-state index >= 15 is 0 Å². The Labute approximate surface area is 213 Å². The van der Waals surface area contributed by atoms with E-state index in [1.165, 1.54) is 22.0 Å². The van der Waals surface area contributed by atoms with Crippen LogP contribution in [0.25, 0.3) is 16.6 Å². The van der Waals surface area contributed by atoms with Crippen LogP contribution in [0, 0.1) is 5.92 Å². The second-order valence-electron chi connectivity index (χ2n) is 10.0. The van der Waals surface area contributed by atoms with Crippen LogP contribution >= 0.6 is 0 Å². The summed E-state index contributed by atoms with van der Waals surface area (Å²) < 4.78 is 7.91. The first-order chi connectivity index (χ1) is 17.5. The number of nitrogens with zero attached hydrogens (tertiary/aromatic N) is 2. The van der Waals surface area contributed by atoms with Gasteiger partial charge in [-0.05, 0) is 73.3 Å². The molecule has 1 saturated heterocycles. The Morgan fingerprint density at radius 1 is 1.00 bits per heavy atom. The van der Waals surface area contributed by atoms with E-state index in [2.05, 4.69) is 75.6 Å². The maximum atomic E-state index is 12.1. The van der Waals surface area contributed by atoms with Crippen molar-refractivity contribution in [3.05, 3.63) is 90.1 Å². The summed E-state index contributed by atoms with van der Waals surface area (Å²) in [6, 6.07) is 25.2. The molecule has 0 spiro atoms. The Morgan fingerprint density at radius 3 is 2.53 bits per heavy atom. The van der Waals surface area contributed by atoms with E-state index in [4.69, 9.17) is 4.74 Å². The molecule has 5 nitrogen and oxygen atoms in total. The largest absolute Gasteiger partial charge is 0.495 e. The fourth-order valence-electron chi connectivity index (χ4n) is 5.23. The van der Waals surface area contributed by atoms with E-state index in [0.29, 0.717) is 5.92 Å². The van der Waals surface area contributed by atoms with Crippen molar-refractivity contribution in [3.63, 3.8) is 0 Å². The van der Waals surface area contributed by atoms with Gasteiger partial charge in [-0.25, -0.2) is 0 Å². The number of carbonyl (C=O) groups excluding carboxylic acids is 1. The second-order valence-corrected chi connectivity index (χ2v) is 10.0. The van der Waals surface area contributed by atoms with Crippen LogP contribution in [-0.4, -0.2) is 35.6 Å². The maximum absolute atomic E-state index is 12.1. The van der Waals surface area contributed by atoms with E-state index in [1.54, 1.807) is 7.11 Å². The van der Waals surface area contributed by atoms with E-state index in [-0.39, 0.29) is 11.8 Å². The van der Waals surface area contributed by atoms with Gasteiger partial charge in [0.15, 0.2) is 0 Å². The molecule has 5 heteroatoms. The summed E-state index contributed by atoms with van der Waals surface area (Å²) in [5, 5.41) is 4.33. The Morgan fingerprint density at radius 2 is 1.75 bits per heavy atom. The second kappa shape index (κ2) is 10.6. The predicted molar refractivity (Wildman–Crippen MR) is 147 cm³/mol. The number of nitrogens with one attached hydrogen (secondary N) is 1. The van der Waals surface area contributed by atoms with Crippen LogP contribution in [0.4, 0.5) is 5.69 Å². The first-order valence-corrected chi connectivity index (χ1v) is 12.9. The minimum atomic E-state index is -0.0224. The average Bonchev–Trinajstić information content (AvgIpc) is 3.27. The average molecular weight is 482 g/mol. The number of likely N-dealkylation sites (tertiary alicyclic amines) is 1. The normalized spacial score (nSPS) is 14.9. The van der Waals surface area contributed by atoms with Crippen LogP contribution in [0.2, 0.25) is 0 Å². The molecular formula is C31H35N3O2. The molecule has 1 aliphatic rings. The van der Waals surface area contributed by atoms with Crippen molar-refractivity contribution in [2.45, 2.75) is 39.2 Å². The van der Waals surface area contributed by atoms with E-state index in [0.717, 1.165) is 49.6 Å². The minimum absolute atomic E-state index is 0.0224. The number of anilines is 1. The molecule has 1 aliphatic heterocycles. The number of rotatable bonds is 7. The number of carbonyl (C=O) groups is 1. The molecule has 1 N–H and O–H groups in total. The highest BCUT2D eigenvalue weighted by Gasteiger charge is 2.23. The SMILES string of the molecule is COc1ccccc1-n1cc(CN2CCC(c3cccc(NC(=O)C(C)C)c3)CC2)c2ccccc21. The molecule has 0 radical (unpaired) electrons. The molecule has 4 aromatic rings. The van der Waals surface area contributed by atoms with Crippen LogP contribution in [-0.2, 0) is 11.3 Å². The number of benzene rings is 3. The summed E-state index contributed by atoms with van der Waals surface area (Å²) in [7, 11) is 1.73. The highest BCUT2D eigenvalue weighted by atomic mass is 16.5. The van der Waals surface area contributed by atoms with E-state index < -0.39 is 0 Å². The molecular weight excluding hydrogens is 446 g/mol. The summed E-state index contributed by atoms with van der Waals surface area (Å²) >= 11 is 0. The topological polar surface area (TPSA) is 46.5 Å². The van der Waals surface area contributed by atoms with Crippen molar-refractivity contribution in [3.8, 4) is 11.4 Å². The molecule has 1 fully saturated rings. The first kappa shape index (κ1) is 24.1. The third-order valence-corrected chi connectivity index (χ3v) is 7.27. The highest BCUT2D eigenvalue weighted by Crippen LogP contribution is 2.33. The lowest BCUT2D eigenvalue weighted by Crippen LogP contribution is -2.32. The zero-order valence-electron chi connectivity index (χ0n) is 21.4. The van der Waals surface area contributed by atoms with Crippen LogP contribution < -0.4 is 10.1 Å². The van der Waals surface area contributed by atoms with Gasteiger partial charge in [0.05, 0.1) is 18.3 Å². The molecule has 0 atom stereocenters. The van der Waals surface area contributed by atoms with Gasteiger partial charge in [-0.2, -0.15) is 0 Å². The summed E-state index contributed by atoms with van der Waals surface area (Å²) in [6.07, 6.45) is 4.51. The molecule has 1 amide bonds. The van der Waals surface area contributed by atoms with E-state index in [9.17, 15) is 4.79 Å². The van der Waals surface area contributed by atoms with Crippen molar-refractivity contribution >= 4 is 22.5 Å². The lowest BCUT2D eigenvalue weighted by atomic mass is 9.89. The van der Waals surface area contributed by atoms with Crippen LogP contribution in [0.5, 0.6) is 5.75 Å². The minimum Gasteiger partial charge on any atom is -0.495 e. The van der Waals surface area contributed by atoms with Gasteiger partial charge in [0, 0.05) is 29.7 Å². The van der Waals surface area contributed by atoms with Crippen molar-refractivity contribution in [1.82, 2.24) is 9.47 Å². The molecule has 3 aromatic carbocycles. The molecule has 0 saturated carbocycles. The summed E-state index contributed by atoms with van der Waals surface area (Å²) in [5.41, 5.74) is 5.83. The summed E-state index contributed by atoms with van der Waals surface area (Å²) in [6.45, 7) is 6.88. The maximum Gasteiger partial charge on any atom is 0.226 e. The van der Waals surface area contributed by atoms with E-state index in [1.807, 2.05) is 32.0 Å². The van der Waals surface area contributed by atoms with Crippen LogP contribution in [0.15, 0.2) is 79.0 Å². The van der Waals surface area contributed by atoms with Crippen molar-refractivity contribution < 1.29 is 9.53 Å². The number of piperidine rings is 1. The molecule has 0 bridgehead atoms. The number of para-hydroxylation sites is 3. The van der Waals surface area contributed by atoms with Gasteiger partial charge in [0.2, 0.25) is 5.91 Å². The molecule has 2 heterocycles. The molecule has 5 rings (SSSR count). The molecule has 186 valence electrons. The fourth-order valence-corrected chi connectivity index (χ4v) is 5.23. The van der Waals surface area contributed by atoms with Gasteiger partial charge in [-0.3, -0.25) is 9.69 Å². The van der Waals surface area contributed by atoms with Gasteiger partial charge < -0.3 is 14.6 Å². The lowest BCUT2D eigenvalue weighted by molar-refractivity contribution is -0.118. The number of amides is 1. The number of hydrogen-bond donors (Lipinski definition) is 1. The molecule has 0 aliphatic carbocycles. The third kappa shape index (κ3) is 5.02. The first-order valence-electron chi connectivity index (χ1n) is 12.9. The number of methoxy groups -OCH3 is 1. The smallest absolute Gasteiger partial charge is 0.226 e. The number of hydrogen-bond acceptors (Lipinski definition) is 3. The monoisotopic (exact) mass is 481 g/mol.